The van der Waals surface area contributed by atoms with Crippen molar-refractivity contribution < 1.29 is 43.6 Å². The summed E-state index contributed by atoms with van der Waals surface area (Å²) in [5.74, 6) is 3.10. The Labute approximate surface area is 467 Å². The second-order valence-corrected chi connectivity index (χ2v) is 17.2. The number of hydrogen-bond acceptors (Lipinski definition) is 9. The van der Waals surface area contributed by atoms with Crippen LogP contribution < -0.4 is 0 Å². The highest BCUT2D eigenvalue weighted by atomic mass is 16.7. The lowest BCUT2D eigenvalue weighted by Crippen LogP contribution is -2.63. The summed E-state index contributed by atoms with van der Waals surface area (Å²) in [6.07, 6.45) is 5.20. The molecule has 1 aliphatic heterocycles. The van der Waals surface area contributed by atoms with Crippen LogP contribution in [-0.4, -0.2) is 337 Å². The van der Waals surface area contributed by atoms with Crippen LogP contribution in [0.25, 0.3) is 0 Å². The minimum atomic E-state index is -0.733. The molecule has 2 rings (SSSR count). The van der Waals surface area contributed by atoms with Crippen LogP contribution in [0.2, 0.25) is 0 Å². The minimum absolute atomic E-state index is 0.110. The van der Waals surface area contributed by atoms with Gasteiger partial charge in [-0.25, -0.2) is 4.79 Å². The summed E-state index contributed by atoms with van der Waals surface area (Å²) < 4.78 is 16.6. The molecule has 1 aliphatic carbocycles. The molecule has 3 atom stereocenters. The number of nitrogens with zero attached hydrogens (tertiary/aromatic N) is 3. The van der Waals surface area contributed by atoms with Gasteiger partial charge in [0.15, 0.2) is 5.79 Å². The fourth-order valence-electron chi connectivity index (χ4n) is 5.20. The molecular formula is C32H49B29N3O9. The van der Waals surface area contributed by atoms with E-state index in [0.717, 1.165) is 18.4 Å². The lowest BCUT2D eigenvalue weighted by molar-refractivity contribution is -0.162. The van der Waals surface area contributed by atoms with E-state index in [1.54, 1.807) is 68.3 Å². The number of aliphatic hydroxyl groups excluding tert-OH is 2. The number of hydrogen-bond donors (Lipinski definition) is 2. The maximum absolute atomic E-state index is 11.9. The van der Waals surface area contributed by atoms with Crippen LogP contribution >= 0.6 is 0 Å². The van der Waals surface area contributed by atoms with E-state index in [-0.39, 0.29) is 24.1 Å². The van der Waals surface area contributed by atoms with Gasteiger partial charge < -0.3 is 39.1 Å². The molecule has 3 amide bonds. The van der Waals surface area contributed by atoms with Gasteiger partial charge in [-0.15, -0.1) is 0 Å². The van der Waals surface area contributed by atoms with Crippen LogP contribution in [0, 0.1) is 11.8 Å². The molecule has 1 saturated heterocycles. The predicted molar refractivity (Wildman–Crippen MR) is 334 cm³/mol. The quantitative estimate of drug-likeness (QED) is 0.0668. The second kappa shape index (κ2) is 43.1. The standard InChI is InChI=1S/C18H25NO5.C7H13NO2.C7H11NO2.B11.B10.B8/c1-14(6-8-16(20)19(2)3)24-17(21)9-7-15-5-4-10-18(13-15)22-11-12-23-18;2*1-6(9)4-5-7(10)8(2)3;1-7-10(6)11(8(2)3)9(4)5;1-7(2)10(8(3)4)9(5)6;1-6(2)8(5)7(3)4/h5-9,14H,4,10-13H2,1-3H3;4-6,9H,1-3H3;6,9H,1-3H3;;;/b8-6-,9-7+;5-4-;;;;/t14-;2*6-;;;/m111.../s1. The molecule has 0 aromatic carbocycles. The SMILES string of the molecule is C[C@@H](O)/C=C\C(=O)N(C)C.C[C@@H](O)C#CC(=O)N(C)C.C[C@H](/C=C\C(=O)N(C)C)OC(=O)/C=C/C1=CCCC2(C1)OCCO2.[B]B([B])B(B([B])[B])B([B])[B].[B]B([B])B([B])B([B])[B].[B][B]B([B])B(B([B])[B])B([B])[B]. The Morgan fingerprint density at radius 2 is 1.10 bits per heavy atom. The summed E-state index contributed by atoms with van der Waals surface area (Å²) >= 11 is 0. The summed E-state index contributed by atoms with van der Waals surface area (Å²) in [6, 6.07) is 0. The Morgan fingerprint density at radius 3 is 1.40 bits per heavy atom. The zero-order valence-electron chi connectivity index (χ0n) is 44.1. The fraction of sp³-hybridized carbons (Fsp3) is 0.562. The molecule has 0 aromatic rings. The Balaban J connectivity index is -0.000000417. The number of rotatable bonds is 16. The molecule has 2 N–H and O–H groups in total. The maximum atomic E-state index is 11.9. The molecule has 0 unspecified atom stereocenters. The number of carbonyl (C=O) groups is 4. The molecule has 1 spiro atoms. The highest BCUT2D eigenvalue weighted by Gasteiger charge is 2.38. The number of allylic oxidation sites excluding steroid dienone is 2. The van der Waals surface area contributed by atoms with Gasteiger partial charge in [-0.3, -0.25) is 14.4 Å². The van der Waals surface area contributed by atoms with E-state index in [0.29, 0.717) is 19.6 Å². The number of ether oxygens (including phenoxy) is 3. The Bertz CT molecular complexity index is 1690. The highest BCUT2D eigenvalue weighted by molar-refractivity contribution is 8.02. The Kier molecular flexibility index (Phi) is 45.9. The van der Waals surface area contributed by atoms with E-state index in [1.807, 2.05) is 0 Å². The van der Waals surface area contributed by atoms with Gasteiger partial charge in [0.05, 0.1) is 19.3 Å². The van der Waals surface area contributed by atoms with E-state index in [1.165, 1.54) is 53.0 Å². The van der Waals surface area contributed by atoms with Crippen LogP contribution in [0.1, 0.15) is 40.0 Å². The van der Waals surface area contributed by atoms with Gasteiger partial charge in [0, 0.05) is 282 Å². The molecule has 35 radical (unpaired) electrons. The van der Waals surface area contributed by atoms with Crippen molar-refractivity contribution in [1.82, 2.24) is 14.7 Å². The molecule has 1 heterocycles. The molecule has 12 nitrogen and oxygen atoms in total. The fourth-order valence-corrected chi connectivity index (χ4v) is 5.20. The van der Waals surface area contributed by atoms with Crippen LogP contribution in [0.3, 0.4) is 0 Å². The van der Waals surface area contributed by atoms with Gasteiger partial charge in [0.2, 0.25) is 11.8 Å². The highest BCUT2D eigenvalue weighted by Crippen LogP contribution is 2.36. The van der Waals surface area contributed by atoms with Gasteiger partial charge in [-0.1, -0.05) is 24.1 Å². The van der Waals surface area contributed by atoms with Crippen LogP contribution in [0.4, 0.5) is 0 Å². The molecule has 0 aromatic heterocycles. The average molecular weight is 933 g/mol. The van der Waals surface area contributed by atoms with Crippen LogP contribution in [0.15, 0.2) is 48.1 Å². The summed E-state index contributed by atoms with van der Waals surface area (Å²) in [7, 11) is 101. The predicted octanol–water partition coefficient (Wildman–Crippen LogP) is -9.60. The van der Waals surface area contributed by atoms with Gasteiger partial charge in [0.25, 0.3) is 5.91 Å². The lowest BCUT2D eigenvalue weighted by Gasteiger charge is -2.30. The Hall–Kier alpha value is -1.88. The summed E-state index contributed by atoms with van der Waals surface area (Å²) in [4.78, 5) is 49.0. The summed E-state index contributed by atoms with van der Waals surface area (Å²) in [5, 5.41) is 17.4. The first-order valence-corrected chi connectivity index (χ1v) is 22.9. The van der Waals surface area contributed by atoms with Crippen molar-refractivity contribution in [2.45, 2.75) is 64.1 Å². The van der Waals surface area contributed by atoms with Crippen molar-refractivity contribution >= 4 is 233 Å². The van der Waals surface area contributed by atoms with Crippen molar-refractivity contribution in [3.8, 4) is 11.8 Å². The van der Waals surface area contributed by atoms with E-state index >= 15 is 0 Å². The summed E-state index contributed by atoms with van der Waals surface area (Å²) in [5.41, 5.74) is 1.01. The van der Waals surface area contributed by atoms with Gasteiger partial charge >= 0.3 is 5.97 Å². The molecule has 1 fully saturated rings. The molecule has 73 heavy (non-hydrogen) atoms. The number of aliphatic hydroxyl groups is 2. The lowest BCUT2D eigenvalue weighted by atomic mass is 8.56. The smallest absolute Gasteiger partial charge is 0.331 e. The third-order valence-electron chi connectivity index (χ3n) is 9.43. The average Bonchev–Trinajstić information content (AvgIpc) is 3.72. The molecule has 0 bridgehead atoms. The molecular weight excluding hydrogens is 884 g/mol. The first-order chi connectivity index (χ1) is 33.5. The maximum Gasteiger partial charge on any atom is 0.331 e. The molecule has 0 saturated carbocycles. The zero-order valence-corrected chi connectivity index (χ0v) is 44.1. The first kappa shape index (κ1) is 77.6. The third kappa shape index (κ3) is 41.0. The zero-order chi connectivity index (χ0) is 57.9. The van der Waals surface area contributed by atoms with Gasteiger partial charge in [-0.05, 0) is 44.8 Å². The number of carbonyl (C=O) groups excluding carboxylic acids is 4. The molecule has 2 aliphatic rings. The topological polar surface area (TPSA) is 146 Å². The van der Waals surface area contributed by atoms with Crippen molar-refractivity contribution in [3.05, 3.63) is 48.1 Å². The van der Waals surface area contributed by atoms with E-state index in [4.69, 9.17) is 156 Å². The van der Waals surface area contributed by atoms with E-state index in [2.05, 4.69) is 17.9 Å². The van der Waals surface area contributed by atoms with E-state index < -0.39 is 93.9 Å². The Morgan fingerprint density at radius 1 is 0.671 bits per heavy atom. The van der Waals surface area contributed by atoms with Crippen molar-refractivity contribution in [1.29, 1.82) is 0 Å². The van der Waals surface area contributed by atoms with Crippen molar-refractivity contribution in [2.24, 2.45) is 0 Å². The second-order valence-electron chi connectivity index (χ2n) is 17.2. The van der Waals surface area contributed by atoms with Crippen LogP contribution in [0.5, 0.6) is 0 Å². The first-order valence-electron chi connectivity index (χ1n) is 22.9. The van der Waals surface area contributed by atoms with Gasteiger partial charge in [0.1, 0.15) is 12.2 Å². The third-order valence-corrected chi connectivity index (χ3v) is 9.43. The minimum Gasteiger partial charge on any atom is -0.455 e. The number of amides is 3. The largest absolute Gasteiger partial charge is 0.455 e. The molecule has 41 heteroatoms. The van der Waals surface area contributed by atoms with Gasteiger partial charge in [-0.2, -0.15) is 0 Å². The molecule has 333 valence electrons. The summed E-state index contributed by atoms with van der Waals surface area (Å²) in [6.45, 7) is 6.05. The van der Waals surface area contributed by atoms with Crippen molar-refractivity contribution in [3.63, 3.8) is 0 Å². The van der Waals surface area contributed by atoms with Crippen molar-refractivity contribution in [2.75, 3.05) is 55.5 Å². The number of esters is 1. The van der Waals surface area contributed by atoms with E-state index in [9.17, 15) is 19.2 Å². The number of likely N-dealkylation sites (N-methyl/N-ethyl adjacent to an activating group) is 2. The monoisotopic (exact) mass is 939 g/mol. The normalized spacial score (nSPS) is 13.7. The van der Waals surface area contributed by atoms with Crippen LogP contribution in [-0.2, 0) is 33.4 Å².